The summed E-state index contributed by atoms with van der Waals surface area (Å²) < 4.78 is 11.8. The van der Waals surface area contributed by atoms with E-state index in [1.54, 1.807) is 22.7 Å². The van der Waals surface area contributed by atoms with E-state index < -0.39 is 0 Å². The molecule has 6 aromatic rings. The number of ether oxygens (including phenoxy) is 1. The van der Waals surface area contributed by atoms with E-state index in [1.807, 2.05) is 37.3 Å². The molecule has 0 fully saturated rings. The molecule has 0 atom stereocenters. The van der Waals surface area contributed by atoms with Gasteiger partial charge in [0, 0.05) is 37.3 Å². The van der Waals surface area contributed by atoms with Crippen molar-refractivity contribution in [2.75, 3.05) is 6.61 Å². The normalized spacial score (nSPS) is 10.5. The Balaban J connectivity index is 0.000000140. The number of hydrogen-bond donors (Lipinski definition) is 0. The molecule has 0 saturated carbocycles. The molecule has 0 aliphatic carbocycles. The lowest BCUT2D eigenvalue weighted by atomic mass is 10.2. The highest BCUT2D eigenvalue weighted by molar-refractivity contribution is 9.11. The van der Waals surface area contributed by atoms with Crippen LogP contribution in [-0.2, 0) is 17.0 Å². The maximum absolute atomic E-state index is 11.5. The van der Waals surface area contributed by atoms with Crippen LogP contribution < -0.4 is 0 Å². The summed E-state index contributed by atoms with van der Waals surface area (Å²) in [6, 6.07) is 26.6. The molecule has 6 rings (SSSR count). The van der Waals surface area contributed by atoms with Crippen LogP contribution in [0.2, 0.25) is 0 Å². The first-order valence-electron chi connectivity index (χ1n) is 11.9. The number of halogens is 4. The van der Waals surface area contributed by atoms with Crippen molar-refractivity contribution in [3.05, 3.63) is 101 Å². The number of benzene rings is 3. The number of rotatable bonds is 4. The first-order valence-corrected chi connectivity index (χ1v) is 17.3. The number of fused-ring (bicyclic) bond motifs is 3. The Morgan fingerprint density at radius 2 is 1.25 bits per heavy atom. The lowest BCUT2D eigenvalue weighted by molar-refractivity contribution is 0.0532. The van der Waals surface area contributed by atoms with Gasteiger partial charge in [-0.15, -0.1) is 45.6 Å². The summed E-state index contributed by atoms with van der Waals surface area (Å²) in [6.07, 6.45) is 0.511. The summed E-state index contributed by atoms with van der Waals surface area (Å²) in [4.78, 5) is 14.5. The summed E-state index contributed by atoms with van der Waals surface area (Å²) in [5, 5.41) is 12.1. The van der Waals surface area contributed by atoms with E-state index in [0.717, 1.165) is 28.4 Å². The van der Waals surface area contributed by atoms with Gasteiger partial charge in [0.25, 0.3) is 0 Å². The van der Waals surface area contributed by atoms with Crippen LogP contribution in [0.3, 0.4) is 0 Å². The zero-order chi connectivity index (χ0) is 28.6. The third kappa shape index (κ3) is 8.39. The number of nitriles is 1. The fourth-order valence-corrected chi connectivity index (χ4v) is 7.87. The van der Waals surface area contributed by atoms with Gasteiger partial charge in [-0.05, 0) is 95.9 Å². The van der Waals surface area contributed by atoms with Gasteiger partial charge in [-0.2, -0.15) is 5.26 Å². The van der Waals surface area contributed by atoms with Gasteiger partial charge in [-0.25, -0.2) is 4.79 Å². The SMILES string of the molecule is CCOC(=O)c1cc2cc(Br)ccc2s1.ClCc1cc2cc(Br)ccc2s1.N#CCc1cc2cc(Br)ccc2s1. The molecule has 3 heterocycles. The number of thiophene rings is 3. The average molecular weight is 799 g/mol. The minimum absolute atomic E-state index is 0.241. The second-order valence-electron chi connectivity index (χ2n) is 8.27. The third-order valence-electron chi connectivity index (χ3n) is 5.40. The van der Waals surface area contributed by atoms with Gasteiger partial charge >= 0.3 is 5.97 Å². The van der Waals surface area contributed by atoms with Gasteiger partial charge in [-0.1, -0.05) is 47.8 Å². The Labute approximate surface area is 274 Å². The van der Waals surface area contributed by atoms with Crippen molar-refractivity contribution in [3.8, 4) is 6.07 Å². The van der Waals surface area contributed by atoms with Crippen LogP contribution in [0, 0.1) is 11.3 Å². The summed E-state index contributed by atoms with van der Waals surface area (Å²) in [6.45, 7) is 2.22. The van der Waals surface area contributed by atoms with E-state index in [1.165, 1.54) is 36.4 Å². The predicted octanol–water partition coefficient (Wildman–Crippen LogP) is 12.0. The monoisotopic (exact) mass is 795 g/mol. The molecule has 10 heteroatoms. The maximum atomic E-state index is 11.5. The second-order valence-corrected chi connectivity index (χ2v) is 14.7. The lowest BCUT2D eigenvalue weighted by Gasteiger charge is -1.95. The highest BCUT2D eigenvalue weighted by Crippen LogP contribution is 2.30. The fraction of sp³-hybridized carbons (Fsp3) is 0.133. The molecule has 0 N–H and O–H groups in total. The van der Waals surface area contributed by atoms with Gasteiger partial charge in [0.2, 0.25) is 0 Å². The van der Waals surface area contributed by atoms with E-state index >= 15 is 0 Å². The minimum Gasteiger partial charge on any atom is -0.462 e. The van der Waals surface area contributed by atoms with Crippen molar-refractivity contribution in [2.24, 2.45) is 0 Å². The van der Waals surface area contributed by atoms with Gasteiger partial charge in [0.1, 0.15) is 4.88 Å². The Morgan fingerprint density at radius 3 is 1.75 bits per heavy atom. The van der Waals surface area contributed by atoms with E-state index in [-0.39, 0.29) is 5.97 Å². The molecule has 3 nitrogen and oxygen atoms in total. The molecule has 0 radical (unpaired) electrons. The number of esters is 1. The standard InChI is InChI=1S/C11H9BrO2S.C10H6BrNS.C9H6BrClS/c1-2-14-11(13)10-6-7-5-8(12)3-4-9(7)15-10;11-8-1-2-10-7(5-8)6-9(13-10)3-4-12;10-7-1-2-9-6(3-7)4-8(5-11)12-9/h3-6H,2H2,1H3;1-2,5-6H,3H2;1-4H,5H2. The number of carbonyl (C=O) groups excluding carboxylic acids is 1. The van der Waals surface area contributed by atoms with E-state index in [9.17, 15) is 4.79 Å². The van der Waals surface area contributed by atoms with Crippen molar-refractivity contribution < 1.29 is 9.53 Å². The molecule has 0 aliphatic rings. The molecular weight excluding hydrogens is 778 g/mol. The van der Waals surface area contributed by atoms with Crippen molar-refractivity contribution in [1.29, 1.82) is 5.26 Å². The maximum Gasteiger partial charge on any atom is 0.348 e. The molecule has 0 bridgehead atoms. The van der Waals surface area contributed by atoms with Crippen LogP contribution in [0.25, 0.3) is 30.3 Å². The van der Waals surface area contributed by atoms with E-state index in [2.05, 4.69) is 96.3 Å². The molecule has 0 aliphatic heterocycles. The highest BCUT2D eigenvalue weighted by atomic mass is 79.9. The quantitative estimate of drug-likeness (QED) is 0.132. The van der Waals surface area contributed by atoms with E-state index in [4.69, 9.17) is 21.6 Å². The minimum atomic E-state index is -0.241. The van der Waals surface area contributed by atoms with Crippen LogP contribution in [0.1, 0.15) is 26.3 Å². The zero-order valence-corrected chi connectivity index (χ0v) is 29.0. The smallest absolute Gasteiger partial charge is 0.348 e. The lowest BCUT2D eigenvalue weighted by Crippen LogP contribution is -2.01. The molecule has 204 valence electrons. The van der Waals surface area contributed by atoms with Gasteiger partial charge in [0.15, 0.2) is 0 Å². The van der Waals surface area contributed by atoms with Crippen LogP contribution >= 0.6 is 93.4 Å². The molecule has 3 aromatic carbocycles. The summed E-state index contributed by atoms with van der Waals surface area (Å²) in [5.74, 6) is 0.367. The topological polar surface area (TPSA) is 50.1 Å². The fourth-order valence-electron chi connectivity index (χ4n) is 3.69. The summed E-state index contributed by atoms with van der Waals surface area (Å²) >= 11 is 20.9. The molecule has 0 spiro atoms. The zero-order valence-electron chi connectivity index (χ0n) is 21.0. The van der Waals surface area contributed by atoms with Crippen molar-refractivity contribution >= 4 is 130 Å². The van der Waals surface area contributed by atoms with Gasteiger partial charge in [-0.3, -0.25) is 0 Å². The van der Waals surface area contributed by atoms with Crippen LogP contribution in [0.4, 0.5) is 0 Å². The van der Waals surface area contributed by atoms with Crippen LogP contribution in [-0.4, -0.2) is 12.6 Å². The Bertz CT molecular complexity index is 1820. The first kappa shape index (κ1) is 31.2. The van der Waals surface area contributed by atoms with Gasteiger partial charge < -0.3 is 4.74 Å². The molecular formula is C30H21Br3ClNO2S3. The molecule has 40 heavy (non-hydrogen) atoms. The summed E-state index contributed by atoms with van der Waals surface area (Å²) in [7, 11) is 0. The number of hydrogen-bond acceptors (Lipinski definition) is 6. The van der Waals surface area contributed by atoms with Gasteiger partial charge in [0.05, 0.1) is 25.0 Å². The Hall–Kier alpha value is -1.77. The van der Waals surface area contributed by atoms with E-state index in [0.29, 0.717) is 23.8 Å². The predicted molar refractivity (Wildman–Crippen MR) is 183 cm³/mol. The highest BCUT2D eigenvalue weighted by Gasteiger charge is 2.10. The van der Waals surface area contributed by atoms with Crippen molar-refractivity contribution in [1.82, 2.24) is 0 Å². The molecule has 0 saturated heterocycles. The van der Waals surface area contributed by atoms with Crippen LogP contribution in [0.15, 0.2) is 86.2 Å². The second kappa shape index (κ2) is 14.9. The largest absolute Gasteiger partial charge is 0.462 e. The van der Waals surface area contributed by atoms with Crippen molar-refractivity contribution in [2.45, 2.75) is 19.2 Å². The first-order chi connectivity index (χ1) is 19.3. The third-order valence-corrected chi connectivity index (χ3v) is 10.7. The summed E-state index contributed by atoms with van der Waals surface area (Å²) in [5.41, 5.74) is 0. The molecule has 0 unspecified atom stereocenters. The Kier molecular flexibility index (Phi) is 11.6. The number of alkyl halides is 1. The molecule has 0 amide bonds. The number of carbonyl (C=O) groups is 1. The van der Waals surface area contributed by atoms with Crippen LogP contribution in [0.5, 0.6) is 0 Å². The van der Waals surface area contributed by atoms with Crippen molar-refractivity contribution in [3.63, 3.8) is 0 Å². The number of nitrogens with zero attached hydrogens (tertiary/aromatic N) is 1. The molecule has 3 aromatic heterocycles. The average Bonchev–Trinajstić information content (AvgIpc) is 3.65. The Morgan fingerprint density at radius 1 is 0.775 bits per heavy atom.